The van der Waals surface area contributed by atoms with E-state index in [1.165, 1.54) is 12.4 Å². The molecule has 0 atom stereocenters. The Kier molecular flexibility index (Phi) is 4.52. The summed E-state index contributed by atoms with van der Waals surface area (Å²) in [5.74, 6) is 0.533. The van der Waals surface area contributed by atoms with Gasteiger partial charge in [0.15, 0.2) is 0 Å². The average molecular weight is 169 g/mol. The molecule has 0 aliphatic carbocycles. The number of aryl methyl sites for hydroxylation is 1. The highest BCUT2D eigenvalue weighted by atomic mass is 16.6. The molecule has 0 spiro atoms. The van der Waals surface area contributed by atoms with E-state index in [0.29, 0.717) is 5.82 Å². The molecule has 12 heavy (non-hydrogen) atoms. The summed E-state index contributed by atoms with van der Waals surface area (Å²) in [6.07, 6.45) is 2.37. The summed E-state index contributed by atoms with van der Waals surface area (Å²) in [6, 6.07) is 0. The van der Waals surface area contributed by atoms with E-state index >= 15 is 0 Å². The third-order valence-corrected chi connectivity index (χ3v) is 0.978. The third-order valence-electron chi connectivity index (χ3n) is 0.978. The Labute approximate surface area is 70.6 Å². The van der Waals surface area contributed by atoms with Crippen LogP contribution >= 0.6 is 0 Å². The van der Waals surface area contributed by atoms with Crippen LogP contribution in [0, 0.1) is 17.0 Å². The highest BCUT2D eigenvalue weighted by Gasteiger charge is 2.03. The van der Waals surface area contributed by atoms with Crippen LogP contribution in [-0.4, -0.2) is 14.9 Å². The third kappa shape index (κ3) is 3.05. The Bertz CT molecular complexity index is 245. The van der Waals surface area contributed by atoms with Gasteiger partial charge in [0.2, 0.25) is 0 Å². The second-order valence-corrected chi connectivity index (χ2v) is 1.75. The van der Waals surface area contributed by atoms with Gasteiger partial charge in [-0.15, -0.1) is 0 Å². The van der Waals surface area contributed by atoms with Crippen LogP contribution in [0.1, 0.15) is 19.7 Å². The van der Waals surface area contributed by atoms with Gasteiger partial charge in [0.1, 0.15) is 18.2 Å². The summed E-state index contributed by atoms with van der Waals surface area (Å²) in [7, 11) is 0. The Hall–Kier alpha value is -1.52. The van der Waals surface area contributed by atoms with Crippen molar-refractivity contribution < 1.29 is 4.92 Å². The predicted molar refractivity (Wildman–Crippen MR) is 44.8 cm³/mol. The average Bonchev–Trinajstić information content (AvgIpc) is 2.09. The number of nitro groups is 1. The lowest BCUT2D eigenvalue weighted by molar-refractivity contribution is -0.385. The zero-order valence-electron chi connectivity index (χ0n) is 7.31. The van der Waals surface area contributed by atoms with Gasteiger partial charge in [-0.25, -0.2) is 9.97 Å². The van der Waals surface area contributed by atoms with E-state index < -0.39 is 4.92 Å². The molecule has 0 saturated carbocycles. The van der Waals surface area contributed by atoms with Crippen LogP contribution in [0.3, 0.4) is 0 Å². The zero-order chi connectivity index (χ0) is 9.56. The molecule has 0 N–H and O–H groups in total. The van der Waals surface area contributed by atoms with Gasteiger partial charge in [-0.1, -0.05) is 13.8 Å². The minimum Gasteiger partial charge on any atom is -0.258 e. The van der Waals surface area contributed by atoms with Gasteiger partial charge in [0.05, 0.1) is 4.92 Å². The highest BCUT2D eigenvalue weighted by molar-refractivity contribution is 5.20. The monoisotopic (exact) mass is 169 g/mol. The normalized spacial score (nSPS) is 8.25. The molecule has 1 aromatic heterocycles. The van der Waals surface area contributed by atoms with E-state index in [4.69, 9.17) is 0 Å². The van der Waals surface area contributed by atoms with Gasteiger partial charge in [-0.2, -0.15) is 0 Å². The lowest BCUT2D eigenvalue weighted by atomic mass is 10.5. The van der Waals surface area contributed by atoms with Crippen LogP contribution in [0.2, 0.25) is 0 Å². The summed E-state index contributed by atoms with van der Waals surface area (Å²) >= 11 is 0. The van der Waals surface area contributed by atoms with Crippen molar-refractivity contribution in [3.05, 3.63) is 28.3 Å². The summed E-state index contributed by atoms with van der Waals surface area (Å²) in [6.45, 7) is 5.67. The first kappa shape index (κ1) is 10.5. The fraction of sp³-hybridized carbons (Fsp3) is 0.429. The Balaban J connectivity index is 0.000000561. The Morgan fingerprint density at radius 1 is 1.33 bits per heavy atom. The van der Waals surface area contributed by atoms with E-state index in [9.17, 15) is 10.1 Å². The quantitative estimate of drug-likeness (QED) is 0.474. The van der Waals surface area contributed by atoms with Gasteiger partial charge in [-0.3, -0.25) is 10.1 Å². The van der Waals surface area contributed by atoms with Gasteiger partial charge in [-0.05, 0) is 6.92 Å². The lowest BCUT2D eigenvalue weighted by Crippen LogP contribution is -1.92. The molecule has 5 nitrogen and oxygen atoms in total. The molecule has 0 aliphatic heterocycles. The number of hydrogen-bond donors (Lipinski definition) is 0. The number of aromatic nitrogens is 2. The molecule has 1 aromatic rings. The summed E-state index contributed by atoms with van der Waals surface area (Å²) < 4.78 is 0. The zero-order valence-corrected chi connectivity index (χ0v) is 7.31. The molecule has 1 heterocycles. The van der Waals surface area contributed by atoms with Gasteiger partial charge in [0, 0.05) is 0 Å². The summed E-state index contributed by atoms with van der Waals surface area (Å²) in [5.41, 5.74) is -0.0781. The van der Waals surface area contributed by atoms with E-state index in [2.05, 4.69) is 9.97 Å². The fourth-order valence-electron chi connectivity index (χ4n) is 0.480. The second kappa shape index (κ2) is 5.17. The van der Waals surface area contributed by atoms with Gasteiger partial charge >= 0.3 is 5.69 Å². The van der Waals surface area contributed by atoms with E-state index in [0.717, 1.165) is 0 Å². The standard InChI is InChI=1S/C5H5N3O2.C2H6/c1-4-6-2-5(3-7-4)8(9)10;1-2/h2-3H,1H3;1-2H3. The van der Waals surface area contributed by atoms with Crippen LogP contribution in [0.4, 0.5) is 5.69 Å². The van der Waals surface area contributed by atoms with Crippen molar-refractivity contribution in [2.45, 2.75) is 20.8 Å². The van der Waals surface area contributed by atoms with Crippen molar-refractivity contribution in [3.8, 4) is 0 Å². The second-order valence-electron chi connectivity index (χ2n) is 1.75. The molecule has 66 valence electrons. The van der Waals surface area contributed by atoms with E-state index in [1.54, 1.807) is 6.92 Å². The van der Waals surface area contributed by atoms with Crippen molar-refractivity contribution in [2.75, 3.05) is 0 Å². The molecule has 0 amide bonds. The molecule has 1 rings (SSSR count). The number of nitrogens with zero attached hydrogens (tertiary/aromatic N) is 3. The topological polar surface area (TPSA) is 68.9 Å². The van der Waals surface area contributed by atoms with Crippen LogP contribution < -0.4 is 0 Å². The van der Waals surface area contributed by atoms with Crippen molar-refractivity contribution in [2.24, 2.45) is 0 Å². The number of hydrogen-bond acceptors (Lipinski definition) is 4. The first-order chi connectivity index (χ1) is 5.70. The van der Waals surface area contributed by atoms with Crippen molar-refractivity contribution in [3.63, 3.8) is 0 Å². The van der Waals surface area contributed by atoms with E-state index in [1.807, 2.05) is 13.8 Å². The van der Waals surface area contributed by atoms with Crippen LogP contribution in [0.15, 0.2) is 12.4 Å². The van der Waals surface area contributed by atoms with Gasteiger partial charge < -0.3 is 0 Å². The largest absolute Gasteiger partial charge is 0.305 e. The molecule has 0 bridgehead atoms. The smallest absolute Gasteiger partial charge is 0.258 e. The molecule has 5 heteroatoms. The maximum atomic E-state index is 10.0. The molecule has 0 radical (unpaired) electrons. The van der Waals surface area contributed by atoms with Gasteiger partial charge in [0.25, 0.3) is 0 Å². The molecule has 0 aliphatic rings. The van der Waals surface area contributed by atoms with Crippen LogP contribution in [0.25, 0.3) is 0 Å². The summed E-state index contributed by atoms with van der Waals surface area (Å²) in [5, 5.41) is 10.0. The van der Waals surface area contributed by atoms with Crippen LogP contribution in [-0.2, 0) is 0 Å². The molecule has 0 fully saturated rings. The fourth-order valence-corrected chi connectivity index (χ4v) is 0.480. The molecular formula is C7H11N3O2. The highest BCUT2D eigenvalue weighted by Crippen LogP contribution is 2.04. The molecular weight excluding hydrogens is 158 g/mol. The molecule has 0 aromatic carbocycles. The Morgan fingerprint density at radius 2 is 1.75 bits per heavy atom. The van der Waals surface area contributed by atoms with Crippen molar-refractivity contribution in [1.29, 1.82) is 0 Å². The first-order valence-electron chi connectivity index (χ1n) is 3.63. The minimum atomic E-state index is -0.528. The first-order valence-corrected chi connectivity index (χ1v) is 3.63. The maximum Gasteiger partial charge on any atom is 0.305 e. The lowest BCUT2D eigenvalue weighted by Gasteiger charge is -1.88. The maximum absolute atomic E-state index is 10.0. The minimum absolute atomic E-state index is 0.0781. The van der Waals surface area contributed by atoms with E-state index in [-0.39, 0.29) is 5.69 Å². The predicted octanol–water partition coefficient (Wildman–Crippen LogP) is 1.72. The SMILES string of the molecule is CC.Cc1ncc([N+](=O)[O-])cn1. The molecule has 0 unspecified atom stereocenters. The Morgan fingerprint density at radius 3 is 2.08 bits per heavy atom. The van der Waals surface area contributed by atoms with Crippen LogP contribution in [0.5, 0.6) is 0 Å². The van der Waals surface area contributed by atoms with Crippen molar-refractivity contribution in [1.82, 2.24) is 9.97 Å². The van der Waals surface area contributed by atoms with Crippen molar-refractivity contribution >= 4 is 5.69 Å². The summed E-state index contributed by atoms with van der Waals surface area (Å²) in [4.78, 5) is 16.8. The number of rotatable bonds is 1. The molecule has 0 saturated heterocycles.